The molecular formula is C13H23N3O3. The third-order valence-corrected chi connectivity index (χ3v) is 2.29. The van der Waals surface area contributed by atoms with E-state index in [9.17, 15) is 0 Å². The van der Waals surface area contributed by atoms with Gasteiger partial charge in [0.1, 0.15) is 12.4 Å². The normalized spacial score (nSPS) is 10.5. The number of hydrogen-bond acceptors (Lipinski definition) is 6. The van der Waals surface area contributed by atoms with Crippen molar-refractivity contribution in [2.24, 2.45) is 0 Å². The van der Waals surface area contributed by atoms with Gasteiger partial charge in [0.05, 0.1) is 6.61 Å². The lowest BCUT2D eigenvalue weighted by Crippen LogP contribution is -2.10. The van der Waals surface area contributed by atoms with Crippen molar-refractivity contribution < 1.29 is 14.2 Å². The molecule has 0 amide bonds. The van der Waals surface area contributed by atoms with E-state index in [1.807, 2.05) is 13.8 Å². The summed E-state index contributed by atoms with van der Waals surface area (Å²) in [6, 6.07) is 1.79. The van der Waals surface area contributed by atoms with E-state index >= 15 is 0 Å². The van der Waals surface area contributed by atoms with Gasteiger partial charge < -0.3 is 19.5 Å². The Labute approximate surface area is 114 Å². The molecule has 6 nitrogen and oxygen atoms in total. The van der Waals surface area contributed by atoms with Gasteiger partial charge in [0, 0.05) is 32.9 Å². The number of ether oxygens (including phenoxy) is 3. The zero-order valence-corrected chi connectivity index (χ0v) is 11.9. The molecule has 19 heavy (non-hydrogen) atoms. The summed E-state index contributed by atoms with van der Waals surface area (Å²) in [7, 11) is 1.62. The fourth-order valence-electron chi connectivity index (χ4n) is 1.51. The first-order valence-corrected chi connectivity index (χ1v) is 6.61. The van der Waals surface area contributed by atoms with Gasteiger partial charge in [-0.25, -0.2) is 4.98 Å². The summed E-state index contributed by atoms with van der Waals surface area (Å²) in [4.78, 5) is 8.60. The van der Waals surface area contributed by atoms with Crippen molar-refractivity contribution in [3.63, 3.8) is 0 Å². The van der Waals surface area contributed by atoms with Crippen LogP contribution in [0.25, 0.3) is 0 Å². The molecule has 0 aliphatic rings. The van der Waals surface area contributed by atoms with Gasteiger partial charge in [0.15, 0.2) is 5.82 Å². The smallest absolute Gasteiger partial charge is 0.218 e. The van der Waals surface area contributed by atoms with Crippen LogP contribution in [0.5, 0.6) is 5.88 Å². The summed E-state index contributed by atoms with van der Waals surface area (Å²) in [5.41, 5.74) is 0. The second kappa shape index (κ2) is 9.52. The number of nitrogens with zero attached hydrogens (tertiary/aromatic N) is 2. The first kappa shape index (κ1) is 15.7. The first-order valence-electron chi connectivity index (χ1n) is 6.61. The summed E-state index contributed by atoms with van der Waals surface area (Å²) in [6.45, 7) is 7.16. The number of aromatic nitrogens is 2. The molecule has 0 aromatic carbocycles. The summed E-state index contributed by atoms with van der Waals surface area (Å²) in [5.74, 6) is 1.93. The van der Waals surface area contributed by atoms with Crippen LogP contribution in [0.15, 0.2) is 6.07 Å². The summed E-state index contributed by atoms with van der Waals surface area (Å²) in [6.07, 6.45) is 0.932. The molecule has 0 aliphatic carbocycles. The number of methoxy groups -OCH3 is 1. The summed E-state index contributed by atoms with van der Waals surface area (Å²) < 4.78 is 15.7. The van der Waals surface area contributed by atoms with Crippen LogP contribution in [0.4, 0.5) is 5.82 Å². The van der Waals surface area contributed by atoms with Gasteiger partial charge in [-0.15, -0.1) is 0 Å². The van der Waals surface area contributed by atoms with Crippen LogP contribution < -0.4 is 10.1 Å². The lowest BCUT2D eigenvalue weighted by atomic mass is 10.4. The van der Waals surface area contributed by atoms with Crippen LogP contribution in [0, 0.1) is 0 Å². The molecule has 0 saturated heterocycles. The van der Waals surface area contributed by atoms with Crippen molar-refractivity contribution in [2.75, 3.05) is 38.8 Å². The van der Waals surface area contributed by atoms with E-state index in [2.05, 4.69) is 15.3 Å². The van der Waals surface area contributed by atoms with Gasteiger partial charge in [-0.3, -0.25) is 0 Å². The first-order chi connectivity index (χ1) is 9.30. The second-order valence-electron chi connectivity index (χ2n) is 3.85. The average molecular weight is 269 g/mol. The zero-order valence-electron chi connectivity index (χ0n) is 11.9. The second-order valence-corrected chi connectivity index (χ2v) is 3.85. The predicted octanol–water partition coefficient (Wildman–Crippen LogP) is 1.86. The fourth-order valence-corrected chi connectivity index (χ4v) is 1.51. The summed E-state index contributed by atoms with van der Waals surface area (Å²) in [5, 5.41) is 3.23. The van der Waals surface area contributed by atoms with E-state index in [1.165, 1.54) is 0 Å². The van der Waals surface area contributed by atoms with Crippen molar-refractivity contribution in [1.29, 1.82) is 0 Å². The highest BCUT2D eigenvalue weighted by Crippen LogP contribution is 2.14. The Balaban J connectivity index is 2.54. The largest absolute Gasteiger partial charge is 0.478 e. The SMILES string of the molecule is CCOCCCNc1cc(OCC)nc(COC)n1. The van der Waals surface area contributed by atoms with Crippen LogP contribution in [0.3, 0.4) is 0 Å². The molecule has 6 heteroatoms. The van der Waals surface area contributed by atoms with Gasteiger partial charge in [0.25, 0.3) is 0 Å². The molecule has 1 aromatic heterocycles. The van der Waals surface area contributed by atoms with Crippen LogP contribution in [-0.4, -0.2) is 43.4 Å². The monoisotopic (exact) mass is 269 g/mol. The molecule has 0 saturated carbocycles. The molecule has 0 radical (unpaired) electrons. The van der Waals surface area contributed by atoms with Gasteiger partial charge in [-0.1, -0.05) is 0 Å². The molecule has 0 aliphatic heterocycles. The van der Waals surface area contributed by atoms with Crippen molar-refractivity contribution in [1.82, 2.24) is 9.97 Å². The van der Waals surface area contributed by atoms with Crippen molar-refractivity contribution in [2.45, 2.75) is 26.9 Å². The maximum absolute atomic E-state index is 5.41. The molecule has 0 bridgehead atoms. The van der Waals surface area contributed by atoms with Crippen molar-refractivity contribution in [3.05, 3.63) is 11.9 Å². The highest BCUT2D eigenvalue weighted by atomic mass is 16.5. The molecule has 0 unspecified atom stereocenters. The molecule has 0 atom stereocenters. The Morgan fingerprint density at radius 1 is 1.21 bits per heavy atom. The zero-order chi connectivity index (χ0) is 13.9. The number of rotatable bonds is 10. The summed E-state index contributed by atoms with van der Waals surface area (Å²) >= 11 is 0. The van der Waals surface area contributed by atoms with Crippen LogP contribution in [0.2, 0.25) is 0 Å². The fraction of sp³-hybridized carbons (Fsp3) is 0.692. The van der Waals surface area contributed by atoms with Gasteiger partial charge in [0.2, 0.25) is 5.88 Å². The van der Waals surface area contributed by atoms with Crippen LogP contribution in [0.1, 0.15) is 26.1 Å². The molecular weight excluding hydrogens is 246 g/mol. The maximum Gasteiger partial charge on any atom is 0.218 e. The van der Waals surface area contributed by atoms with Crippen LogP contribution >= 0.6 is 0 Å². The topological polar surface area (TPSA) is 65.5 Å². The highest BCUT2D eigenvalue weighted by molar-refractivity contribution is 5.38. The predicted molar refractivity (Wildman–Crippen MR) is 73.5 cm³/mol. The molecule has 1 N–H and O–H groups in total. The highest BCUT2D eigenvalue weighted by Gasteiger charge is 2.05. The molecule has 108 valence electrons. The number of nitrogens with one attached hydrogen (secondary N) is 1. The van der Waals surface area contributed by atoms with Gasteiger partial charge >= 0.3 is 0 Å². The molecule has 1 aromatic rings. The molecule has 0 spiro atoms. The van der Waals surface area contributed by atoms with E-state index in [0.29, 0.717) is 24.9 Å². The van der Waals surface area contributed by atoms with E-state index in [0.717, 1.165) is 32.0 Å². The van der Waals surface area contributed by atoms with E-state index in [-0.39, 0.29) is 0 Å². The quantitative estimate of drug-likeness (QED) is 0.654. The number of hydrogen-bond donors (Lipinski definition) is 1. The minimum absolute atomic E-state index is 0.370. The third kappa shape index (κ3) is 6.35. The lowest BCUT2D eigenvalue weighted by Gasteiger charge is -2.10. The minimum atomic E-state index is 0.370. The molecule has 0 fully saturated rings. The molecule has 1 heterocycles. The van der Waals surface area contributed by atoms with Gasteiger partial charge in [-0.05, 0) is 20.3 Å². The van der Waals surface area contributed by atoms with E-state index < -0.39 is 0 Å². The Bertz CT molecular complexity index is 337. The number of anilines is 1. The lowest BCUT2D eigenvalue weighted by molar-refractivity contribution is 0.147. The van der Waals surface area contributed by atoms with Gasteiger partial charge in [-0.2, -0.15) is 4.98 Å². The maximum atomic E-state index is 5.41. The Hall–Kier alpha value is -1.40. The Morgan fingerprint density at radius 3 is 2.74 bits per heavy atom. The van der Waals surface area contributed by atoms with E-state index in [4.69, 9.17) is 14.2 Å². The van der Waals surface area contributed by atoms with Crippen molar-refractivity contribution in [3.8, 4) is 5.88 Å². The Kier molecular flexibility index (Phi) is 7.84. The Morgan fingerprint density at radius 2 is 2.05 bits per heavy atom. The third-order valence-electron chi connectivity index (χ3n) is 2.29. The van der Waals surface area contributed by atoms with Crippen molar-refractivity contribution >= 4 is 5.82 Å². The minimum Gasteiger partial charge on any atom is -0.478 e. The van der Waals surface area contributed by atoms with E-state index in [1.54, 1.807) is 13.2 Å². The standard InChI is InChI=1S/C13H23N3O3/c1-4-18-8-6-7-14-11-9-13(19-5-2)16-12(15-11)10-17-3/h9H,4-8,10H2,1-3H3,(H,14,15,16). The molecule has 1 rings (SSSR count). The van der Waals surface area contributed by atoms with Crippen LogP contribution in [-0.2, 0) is 16.1 Å². The average Bonchev–Trinajstić information content (AvgIpc) is 2.39.